The van der Waals surface area contributed by atoms with Crippen molar-refractivity contribution in [3.63, 3.8) is 0 Å². The number of hydrogen-bond donors (Lipinski definition) is 1. The van der Waals surface area contributed by atoms with Crippen LogP contribution in [0.25, 0.3) is 10.9 Å². The first kappa shape index (κ1) is 13.5. The summed E-state index contributed by atoms with van der Waals surface area (Å²) in [6, 6.07) is 9.69. The van der Waals surface area contributed by atoms with Crippen molar-refractivity contribution in [2.24, 2.45) is 5.92 Å². The summed E-state index contributed by atoms with van der Waals surface area (Å²) in [6.07, 6.45) is 0. The van der Waals surface area contributed by atoms with Gasteiger partial charge in [0.05, 0.1) is 5.52 Å². The monoisotopic (exact) mass is 256 g/mol. The number of aromatic nitrogens is 1. The highest BCUT2D eigenvalue weighted by atomic mass is 16.1. The quantitative estimate of drug-likeness (QED) is 0.915. The minimum atomic E-state index is -0.0722. The summed E-state index contributed by atoms with van der Waals surface area (Å²) in [5, 5.41) is 3.57. The molecule has 3 heteroatoms. The molecule has 3 nitrogen and oxygen atoms in total. The molecule has 2 rings (SSSR count). The number of benzene rings is 1. The maximum Gasteiger partial charge on any atom is 0.251 e. The fourth-order valence-corrected chi connectivity index (χ4v) is 2.10. The van der Waals surface area contributed by atoms with Gasteiger partial charge in [-0.15, -0.1) is 0 Å². The van der Waals surface area contributed by atoms with E-state index in [1.165, 1.54) is 0 Å². The Bertz CT molecular complexity index is 605. The molecule has 0 aliphatic carbocycles. The molecule has 0 saturated heterocycles. The summed E-state index contributed by atoms with van der Waals surface area (Å²) in [7, 11) is 1.64. The molecule has 1 atom stereocenters. The lowest BCUT2D eigenvalue weighted by atomic mass is 9.93. The van der Waals surface area contributed by atoms with Crippen LogP contribution in [0.5, 0.6) is 0 Å². The van der Waals surface area contributed by atoms with Crippen molar-refractivity contribution in [3.8, 4) is 0 Å². The average Bonchev–Trinajstić information content (AvgIpc) is 2.44. The van der Waals surface area contributed by atoms with E-state index in [0.29, 0.717) is 17.4 Å². The van der Waals surface area contributed by atoms with Crippen LogP contribution in [0.15, 0.2) is 30.3 Å². The number of pyridine rings is 1. The summed E-state index contributed by atoms with van der Waals surface area (Å²) in [5.41, 5.74) is 2.64. The Morgan fingerprint density at radius 3 is 2.53 bits per heavy atom. The zero-order valence-electron chi connectivity index (χ0n) is 11.9. The second kappa shape index (κ2) is 5.39. The molecule has 0 radical (unpaired) electrons. The summed E-state index contributed by atoms with van der Waals surface area (Å²) < 4.78 is 0. The van der Waals surface area contributed by atoms with E-state index in [1.807, 2.05) is 30.3 Å². The smallest absolute Gasteiger partial charge is 0.251 e. The largest absolute Gasteiger partial charge is 0.355 e. The number of hydrogen-bond acceptors (Lipinski definition) is 2. The van der Waals surface area contributed by atoms with Crippen LogP contribution in [0.2, 0.25) is 0 Å². The van der Waals surface area contributed by atoms with Gasteiger partial charge in [-0.25, -0.2) is 0 Å². The first-order valence-electron chi connectivity index (χ1n) is 6.66. The zero-order valence-corrected chi connectivity index (χ0v) is 11.9. The van der Waals surface area contributed by atoms with Crippen LogP contribution in [-0.2, 0) is 0 Å². The second-order valence-electron chi connectivity index (χ2n) is 5.22. The number of rotatable bonds is 3. The van der Waals surface area contributed by atoms with Crippen molar-refractivity contribution in [1.82, 2.24) is 10.3 Å². The van der Waals surface area contributed by atoms with E-state index < -0.39 is 0 Å². The highest BCUT2D eigenvalue weighted by Gasteiger charge is 2.14. The third kappa shape index (κ3) is 2.60. The fraction of sp³-hybridized carbons (Fsp3) is 0.375. The normalized spacial score (nSPS) is 12.7. The van der Waals surface area contributed by atoms with Crippen molar-refractivity contribution < 1.29 is 4.79 Å². The van der Waals surface area contributed by atoms with E-state index in [1.54, 1.807) is 7.05 Å². The van der Waals surface area contributed by atoms with Crippen LogP contribution in [0.4, 0.5) is 0 Å². The molecule has 2 aromatic rings. The van der Waals surface area contributed by atoms with Gasteiger partial charge in [0.25, 0.3) is 5.91 Å². The first-order chi connectivity index (χ1) is 9.04. The second-order valence-corrected chi connectivity index (χ2v) is 5.22. The molecule has 0 spiro atoms. The molecule has 1 N–H and O–H groups in total. The number of carbonyl (C=O) groups excluding carboxylic acids is 1. The summed E-state index contributed by atoms with van der Waals surface area (Å²) in [5.74, 6) is 0.886. The molecule has 1 aromatic heterocycles. The van der Waals surface area contributed by atoms with Crippen LogP contribution in [0.3, 0.4) is 0 Å². The number of fused-ring (bicyclic) bond motifs is 1. The van der Waals surface area contributed by atoms with Crippen LogP contribution in [0, 0.1) is 5.92 Å². The van der Waals surface area contributed by atoms with Crippen molar-refractivity contribution >= 4 is 16.8 Å². The number of amides is 1. The van der Waals surface area contributed by atoms with Crippen LogP contribution >= 0.6 is 0 Å². The van der Waals surface area contributed by atoms with Gasteiger partial charge in [-0.2, -0.15) is 0 Å². The molecular formula is C16H20N2O. The van der Waals surface area contributed by atoms with Gasteiger partial charge in [0, 0.05) is 29.6 Å². The van der Waals surface area contributed by atoms with E-state index in [0.717, 1.165) is 16.6 Å². The molecule has 0 fully saturated rings. The van der Waals surface area contributed by atoms with E-state index >= 15 is 0 Å². The molecule has 0 saturated carbocycles. The molecule has 1 unspecified atom stereocenters. The van der Waals surface area contributed by atoms with E-state index in [2.05, 4.69) is 26.1 Å². The lowest BCUT2D eigenvalue weighted by Crippen LogP contribution is -2.18. The minimum absolute atomic E-state index is 0.0722. The Balaban J connectivity index is 2.54. The number of nitrogens with one attached hydrogen (secondary N) is 1. The Kier molecular flexibility index (Phi) is 3.84. The van der Waals surface area contributed by atoms with Gasteiger partial charge in [0.15, 0.2) is 0 Å². The summed E-state index contributed by atoms with van der Waals surface area (Å²) >= 11 is 0. The first-order valence-corrected chi connectivity index (χ1v) is 6.66. The molecule has 0 aliphatic rings. The van der Waals surface area contributed by atoms with Gasteiger partial charge < -0.3 is 5.32 Å². The summed E-state index contributed by atoms with van der Waals surface area (Å²) in [6.45, 7) is 6.57. The van der Waals surface area contributed by atoms with Crippen molar-refractivity contribution in [1.29, 1.82) is 0 Å². The van der Waals surface area contributed by atoms with Crippen LogP contribution in [0.1, 0.15) is 42.7 Å². The van der Waals surface area contributed by atoms with Gasteiger partial charge >= 0.3 is 0 Å². The van der Waals surface area contributed by atoms with E-state index in [-0.39, 0.29) is 5.91 Å². The number of nitrogens with zero attached hydrogens (tertiary/aromatic N) is 1. The predicted octanol–water partition coefficient (Wildman–Crippen LogP) is 3.35. The van der Waals surface area contributed by atoms with Crippen molar-refractivity contribution in [3.05, 3.63) is 41.6 Å². The SMILES string of the molecule is CNC(=O)c1cccc2nc(C(C)C(C)C)ccc12. The molecule has 0 bridgehead atoms. The van der Waals surface area contributed by atoms with Gasteiger partial charge in [-0.05, 0) is 24.1 Å². The lowest BCUT2D eigenvalue weighted by Gasteiger charge is -2.15. The molecule has 0 aliphatic heterocycles. The predicted molar refractivity (Wildman–Crippen MR) is 78.4 cm³/mol. The van der Waals surface area contributed by atoms with Gasteiger partial charge in [0.1, 0.15) is 0 Å². The van der Waals surface area contributed by atoms with Crippen molar-refractivity contribution in [2.75, 3.05) is 7.05 Å². The molecular weight excluding hydrogens is 236 g/mol. The van der Waals surface area contributed by atoms with Crippen molar-refractivity contribution in [2.45, 2.75) is 26.7 Å². The van der Waals surface area contributed by atoms with Crippen LogP contribution < -0.4 is 5.32 Å². The molecule has 100 valence electrons. The number of carbonyl (C=O) groups is 1. The Morgan fingerprint density at radius 2 is 1.89 bits per heavy atom. The van der Waals surface area contributed by atoms with Gasteiger partial charge in [-0.3, -0.25) is 9.78 Å². The highest BCUT2D eigenvalue weighted by Crippen LogP contribution is 2.25. The molecule has 19 heavy (non-hydrogen) atoms. The van der Waals surface area contributed by atoms with E-state index in [9.17, 15) is 4.79 Å². The maximum absolute atomic E-state index is 11.8. The Labute approximate surface area is 114 Å². The highest BCUT2D eigenvalue weighted by molar-refractivity contribution is 6.06. The lowest BCUT2D eigenvalue weighted by molar-refractivity contribution is 0.0964. The fourth-order valence-electron chi connectivity index (χ4n) is 2.10. The average molecular weight is 256 g/mol. The topological polar surface area (TPSA) is 42.0 Å². The van der Waals surface area contributed by atoms with Crippen LogP contribution in [-0.4, -0.2) is 17.9 Å². The van der Waals surface area contributed by atoms with Gasteiger partial charge in [0.2, 0.25) is 0 Å². The van der Waals surface area contributed by atoms with E-state index in [4.69, 9.17) is 4.98 Å². The molecule has 1 aromatic carbocycles. The standard InChI is InChI=1S/C16H20N2O/c1-10(2)11(3)14-9-8-12-13(16(19)17-4)6-5-7-15(12)18-14/h5-11H,1-4H3,(H,17,19). The van der Waals surface area contributed by atoms with Gasteiger partial charge in [-0.1, -0.05) is 32.9 Å². The Morgan fingerprint density at radius 1 is 1.16 bits per heavy atom. The third-order valence-corrected chi connectivity index (χ3v) is 3.69. The minimum Gasteiger partial charge on any atom is -0.355 e. The summed E-state index contributed by atoms with van der Waals surface area (Å²) in [4.78, 5) is 16.5. The Hall–Kier alpha value is -1.90. The molecule has 1 heterocycles. The molecule has 1 amide bonds. The third-order valence-electron chi connectivity index (χ3n) is 3.69. The maximum atomic E-state index is 11.8. The zero-order chi connectivity index (χ0) is 14.0.